The molecule has 1 aromatic carbocycles. The summed E-state index contributed by atoms with van der Waals surface area (Å²) in [6.45, 7) is 9.38. The second-order valence-electron chi connectivity index (χ2n) is 6.48. The van der Waals surface area contributed by atoms with Crippen molar-refractivity contribution in [2.75, 3.05) is 26.7 Å². The van der Waals surface area contributed by atoms with Gasteiger partial charge in [0, 0.05) is 39.0 Å². The number of nitrogens with zero attached hydrogens (tertiary/aromatic N) is 2. The first-order valence-corrected chi connectivity index (χ1v) is 8.41. The molecule has 1 aliphatic heterocycles. The highest BCUT2D eigenvalue weighted by Gasteiger charge is 2.38. The minimum absolute atomic E-state index is 0.00946. The van der Waals surface area contributed by atoms with Gasteiger partial charge in [-0.05, 0) is 19.4 Å². The maximum atomic E-state index is 12.3. The molecule has 5 heteroatoms. The lowest BCUT2D eigenvalue weighted by Gasteiger charge is -2.27. The Kier molecular flexibility index (Phi) is 6.01. The zero-order chi connectivity index (χ0) is 17.7. The van der Waals surface area contributed by atoms with Gasteiger partial charge in [-0.25, -0.2) is 4.79 Å². The topological polar surface area (TPSA) is 52.7 Å². The van der Waals surface area contributed by atoms with E-state index >= 15 is 0 Å². The second kappa shape index (κ2) is 7.99. The van der Waals surface area contributed by atoms with Crippen molar-refractivity contribution in [1.82, 2.24) is 15.1 Å². The van der Waals surface area contributed by atoms with Gasteiger partial charge in [0.05, 0.1) is 6.04 Å². The highest BCUT2D eigenvalue weighted by molar-refractivity contribution is 5.80. The standard InChI is InChI=1S/C19H27N3O2/c1-5-22(13-14(2)3)19(24)20-12-16-11-17(23)21(4)18(16)15-9-7-6-8-10-15/h6-10,16,18H,2,5,11-13H2,1,3-4H3,(H,20,24). The Labute approximate surface area is 144 Å². The number of amides is 3. The molecule has 24 heavy (non-hydrogen) atoms. The minimum atomic E-state index is -0.102. The molecule has 0 spiro atoms. The summed E-state index contributed by atoms with van der Waals surface area (Å²) < 4.78 is 0. The van der Waals surface area contributed by atoms with Crippen LogP contribution in [0.2, 0.25) is 0 Å². The fourth-order valence-corrected chi connectivity index (χ4v) is 3.26. The van der Waals surface area contributed by atoms with Crippen molar-refractivity contribution in [1.29, 1.82) is 0 Å². The molecule has 0 aromatic heterocycles. The molecule has 1 N–H and O–H groups in total. The molecule has 0 radical (unpaired) electrons. The molecule has 2 atom stereocenters. The Balaban J connectivity index is 2.03. The smallest absolute Gasteiger partial charge is 0.317 e. The van der Waals surface area contributed by atoms with E-state index in [1.807, 2.05) is 51.2 Å². The molecular formula is C19H27N3O2. The summed E-state index contributed by atoms with van der Waals surface area (Å²) in [5.74, 6) is 0.203. The first kappa shape index (κ1) is 18.0. The van der Waals surface area contributed by atoms with Crippen molar-refractivity contribution in [2.45, 2.75) is 26.3 Å². The van der Waals surface area contributed by atoms with Crippen LogP contribution in [-0.2, 0) is 4.79 Å². The Hall–Kier alpha value is -2.30. The normalized spacial score (nSPS) is 20.1. The lowest BCUT2D eigenvalue weighted by atomic mass is 9.94. The van der Waals surface area contributed by atoms with Gasteiger partial charge in [0.25, 0.3) is 0 Å². The van der Waals surface area contributed by atoms with Crippen molar-refractivity contribution in [2.24, 2.45) is 5.92 Å². The summed E-state index contributed by atoms with van der Waals surface area (Å²) in [7, 11) is 1.83. The predicted molar refractivity (Wildman–Crippen MR) is 95.5 cm³/mol. The van der Waals surface area contributed by atoms with E-state index in [1.54, 1.807) is 9.80 Å². The number of rotatable bonds is 6. The number of carbonyl (C=O) groups excluding carboxylic acids is 2. The summed E-state index contributed by atoms with van der Waals surface area (Å²) in [4.78, 5) is 28.0. The van der Waals surface area contributed by atoms with Crippen LogP contribution in [0, 0.1) is 5.92 Å². The first-order valence-electron chi connectivity index (χ1n) is 8.41. The number of urea groups is 1. The maximum Gasteiger partial charge on any atom is 0.317 e. The summed E-state index contributed by atoms with van der Waals surface area (Å²) in [5.41, 5.74) is 2.06. The molecule has 5 nitrogen and oxygen atoms in total. The Morgan fingerprint density at radius 3 is 2.62 bits per heavy atom. The Morgan fingerprint density at radius 1 is 1.38 bits per heavy atom. The van der Waals surface area contributed by atoms with Crippen LogP contribution in [-0.4, -0.2) is 48.4 Å². The summed E-state index contributed by atoms with van der Waals surface area (Å²) in [5, 5.41) is 2.99. The van der Waals surface area contributed by atoms with E-state index in [9.17, 15) is 9.59 Å². The number of likely N-dealkylation sites (N-methyl/N-ethyl adjacent to an activating group) is 1. The van der Waals surface area contributed by atoms with Gasteiger partial charge in [-0.2, -0.15) is 0 Å². The number of hydrogen-bond donors (Lipinski definition) is 1. The van der Waals surface area contributed by atoms with Crippen LogP contribution in [0.15, 0.2) is 42.5 Å². The van der Waals surface area contributed by atoms with Gasteiger partial charge in [-0.15, -0.1) is 0 Å². The van der Waals surface area contributed by atoms with Gasteiger partial charge in [-0.3, -0.25) is 4.79 Å². The van der Waals surface area contributed by atoms with E-state index in [0.717, 1.165) is 11.1 Å². The minimum Gasteiger partial charge on any atom is -0.338 e. The number of likely N-dealkylation sites (tertiary alicyclic amines) is 1. The van der Waals surface area contributed by atoms with Crippen LogP contribution in [0.3, 0.4) is 0 Å². The molecule has 0 aliphatic carbocycles. The lowest BCUT2D eigenvalue weighted by molar-refractivity contribution is -0.127. The average molecular weight is 329 g/mol. The van der Waals surface area contributed by atoms with Crippen LogP contribution in [0.5, 0.6) is 0 Å². The van der Waals surface area contributed by atoms with Crippen molar-refractivity contribution >= 4 is 11.9 Å². The molecule has 130 valence electrons. The maximum absolute atomic E-state index is 12.3. The fraction of sp³-hybridized carbons (Fsp3) is 0.474. The number of benzene rings is 1. The van der Waals surface area contributed by atoms with E-state index in [-0.39, 0.29) is 23.9 Å². The lowest BCUT2D eigenvalue weighted by Crippen LogP contribution is -2.43. The number of hydrogen-bond acceptors (Lipinski definition) is 2. The zero-order valence-corrected chi connectivity index (χ0v) is 14.8. The summed E-state index contributed by atoms with van der Waals surface area (Å²) in [6, 6.07) is 9.90. The van der Waals surface area contributed by atoms with Gasteiger partial charge in [0.15, 0.2) is 0 Å². The molecule has 1 heterocycles. The molecule has 2 unspecified atom stereocenters. The van der Waals surface area contributed by atoms with Crippen molar-refractivity contribution in [3.8, 4) is 0 Å². The van der Waals surface area contributed by atoms with Crippen molar-refractivity contribution in [3.63, 3.8) is 0 Å². The van der Waals surface area contributed by atoms with Gasteiger partial charge >= 0.3 is 6.03 Å². The van der Waals surface area contributed by atoms with Crippen LogP contribution in [0.1, 0.15) is 31.9 Å². The third-order valence-electron chi connectivity index (χ3n) is 4.48. The number of carbonyl (C=O) groups is 2. The third-order valence-corrected chi connectivity index (χ3v) is 4.48. The van der Waals surface area contributed by atoms with E-state index in [4.69, 9.17) is 0 Å². The van der Waals surface area contributed by atoms with E-state index in [2.05, 4.69) is 11.9 Å². The molecule has 1 saturated heterocycles. The van der Waals surface area contributed by atoms with Crippen LogP contribution < -0.4 is 5.32 Å². The summed E-state index contributed by atoms with van der Waals surface area (Å²) in [6.07, 6.45) is 0.461. The quantitative estimate of drug-likeness (QED) is 0.816. The van der Waals surface area contributed by atoms with Crippen molar-refractivity contribution < 1.29 is 9.59 Å². The average Bonchev–Trinajstić information content (AvgIpc) is 2.85. The van der Waals surface area contributed by atoms with Crippen LogP contribution >= 0.6 is 0 Å². The molecule has 1 aromatic rings. The molecule has 0 bridgehead atoms. The summed E-state index contributed by atoms with van der Waals surface area (Å²) >= 11 is 0. The Morgan fingerprint density at radius 2 is 2.04 bits per heavy atom. The van der Waals surface area contributed by atoms with Gasteiger partial charge in [-0.1, -0.05) is 42.5 Å². The van der Waals surface area contributed by atoms with E-state index in [0.29, 0.717) is 26.1 Å². The third kappa shape index (κ3) is 4.16. The number of nitrogens with one attached hydrogen (secondary N) is 1. The highest BCUT2D eigenvalue weighted by Crippen LogP contribution is 2.36. The van der Waals surface area contributed by atoms with Gasteiger partial charge in [0.2, 0.25) is 5.91 Å². The highest BCUT2D eigenvalue weighted by atomic mass is 16.2. The SMILES string of the molecule is C=C(C)CN(CC)C(=O)NCC1CC(=O)N(C)C1c1ccccc1. The molecule has 0 saturated carbocycles. The molecular weight excluding hydrogens is 302 g/mol. The molecule has 2 rings (SSSR count). The first-order chi connectivity index (χ1) is 11.4. The largest absolute Gasteiger partial charge is 0.338 e. The van der Waals surface area contributed by atoms with Gasteiger partial charge in [0.1, 0.15) is 0 Å². The predicted octanol–water partition coefficient (Wildman–Crippen LogP) is 2.81. The molecule has 1 aliphatic rings. The van der Waals surface area contributed by atoms with Crippen LogP contribution in [0.4, 0.5) is 4.79 Å². The second-order valence-corrected chi connectivity index (χ2v) is 6.48. The Bertz CT molecular complexity index is 600. The monoisotopic (exact) mass is 329 g/mol. The van der Waals surface area contributed by atoms with E-state index in [1.165, 1.54) is 0 Å². The molecule has 3 amide bonds. The van der Waals surface area contributed by atoms with Gasteiger partial charge < -0.3 is 15.1 Å². The fourth-order valence-electron chi connectivity index (χ4n) is 3.26. The van der Waals surface area contributed by atoms with Crippen molar-refractivity contribution in [3.05, 3.63) is 48.0 Å². The van der Waals surface area contributed by atoms with Crippen LogP contribution in [0.25, 0.3) is 0 Å². The van der Waals surface area contributed by atoms with E-state index < -0.39 is 0 Å². The molecule has 1 fully saturated rings. The zero-order valence-electron chi connectivity index (χ0n) is 14.8.